The second-order valence-corrected chi connectivity index (χ2v) is 10.2. The zero-order valence-corrected chi connectivity index (χ0v) is 22.3. The largest absolute Gasteiger partial charge is 0.382 e. The van der Waals surface area contributed by atoms with E-state index in [9.17, 15) is 9.59 Å². The molecule has 1 saturated heterocycles. The van der Waals surface area contributed by atoms with Gasteiger partial charge in [0.2, 0.25) is 6.54 Å². The molecule has 1 N–H and O–H groups in total. The molecular formula is C23H39N4O7P. The zero-order valence-electron chi connectivity index (χ0n) is 22.4. The van der Waals surface area contributed by atoms with Gasteiger partial charge in [0.1, 0.15) is 18.8 Å². The summed E-state index contributed by atoms with van der Waals surface area (Å²) in [7, 11) is -0.0875. The van der Waals surface area contributed by atoms with Gasteiger partial charge in [0.15, 0.2) is 0 Å². The molecule has 1 aromatic heterocycles. The Kier molecular flexibility index (Phi) is 11.3. The molecule has 12 heteroatoms. The molecule has 0 amide bonds. The molecule has 11 nitrogen and oxygen atoms in total. The highest BCUT2D eigenvalue weighted by Gasteiger charge is 2.44. The van der Waals surface area contributed by atoms with Gasteiger partial charge in [-0.25, -0.2) is 16.0 Å². The number of methoxy groups -OCH3 is 1. The summed E-state index contributed by atoms with van der Waals surface area (Å²) in [6.45, 7) is 17.8. The maximum atomic E-state index is 12.7. The SMILES string of the molecule is [2H]C[C@H]1OC[C@@H](n2cc(C)c(=O)[nH]c2=O)[C@H](OCCOC)[C@@H]1OP(OCC[N+]#[C-])N(C(C)C)C(C)C. The summed E-state index contributed by atoms with van der Waals surface area (Å²) in [4.78, 5) is 30.4. The lowest BCUT2D eigenvalue weighted by molar-refractivity contribution is -0.169. The van der Waals surface area contributed by atoms with Crippen LogP contribution >= 0.6 is 8.53 Å². The van der Waals surface area contributed by atoms with E-state index in [0.717, 1.165) is 0 Å². The molecule has 1 fully saturated rings. The Morgan fingerprint density at radius 3 is 2.60 bits per heavy atom. The van der Waals surface area contributed by atoms with Gasteiger partial charge < -0.3 is 28.1 Å². The van der Waals surface area contributed by atoms with Gasteiger partial charge in [-0.3, -0.25) is 14.3 Å². The highest BCUT2D eigenvalue weighted by molar-refractivity contribution is 7.44. The number of aromatic nitrogens is 2. The van der Waals surface area contributed by atoms with Gasteiger partial charge in [0.05, 0.1) is 32.0 Å². The number of H-pyrrole nitrogens is 1. The predicted molar refractivity (Wildman–Crippen MR) is 133 cm³/mol. The number of hydrogen-bond acceptors (Lipinski definition) is 8. The maximum Gasteiger partial charge on any atom is 0.328 e. The summed E-state index contributed by atoms with van der Waals surface area (Å²) < 4.78 is 41.6. The fraction of sp³-hybridized carbons (Fsp3) is 0.783. The third kappa shape index (κ3) is 7.92. The first-order valence-electron chi connectivity index (χ1n) is 12.4. The first kappa shape index (κ1) is 27.9. The normalized spacial score (nSPS) is 24.1. The summed E-state index contributed by atoms with van der Waals surface area (Å²) in [5.41, 5.74) is -0.659. The van der Waals surface area contributed by atoms with Crippen LogP contribution in [0, 0.1) is 13.5 Å². The molecule has 5 atom stereocenters. The van der Waals surface area contributed by atoms with E-state index in [1.807, 2.05) is 27.7 Å². The van der Waals surface area contributed by atoms with Gasteiger partial charge in [-0.2, -0.15) is 0 Å². The van der Waals surface area contributed by atoms with Crippen molar-refractivity contribution >= 4 is 8.53 Å². The first-order valence-corrected chi connectivity index (χ1v) is 12.8. The fourth-order valence-corrected chi connectivity index (χ4v) is 5.67. The molecule has 1 aromatic rings. The number of nitrogens with zero attached hydrogens (tertiary/aromatic N) is 3. The first-order chi connectivity index (χ1) is 17.2. The topological polar surface area (TPSA) is 109 Å². The van der Waals surface area contributed by atoms with E-state index in [1.54, 1.807) is 14.0 Å². The lowest BCUT2D eigenvalue weighted by atomic mass is 9.98. The van der Waals surface area contributed by atoms with Gasteiger partial charge in [0.25, 0.3) is 14.1 Å². The van der Waals surface area contributed by atoms with Crippen molar-refractivity contribution in [2.45, 2.75) is 78.0 Å². The second-order valence-electron chi connectivity index (χ2n) is 8.84. The van der Waals surface area contributed by atoms with E-state index in [4.69, 9.17) is 31.2 Å². The average Bonchev–Trinajstić information content (AvgIpc) is 2.82. The minimum atomic E-state index is -1.65. The van der Waals surface area contributed by atoms with Crippen LogP contribution in [0.1, 0.15) is 47.6 Å². The van der Waals surface area contributed by atoms with E-state index in [2.05, 4.69) is 14.5 Å². The van der Waals surface area contributed by atoms with Crippen LogP contribution < -0.4 is 11.2 Å². The molecule has 1 unspecified atom stereocenters. The van der Waals surface area contributed by atoms with Crippen LogP contribution in [0.2, 0.25) is 0 Å². The molecule has 2 rings (SSSR count). The molecule has 0 radical (unpaired) electrons. The number of rotatable bonds is 13. The van der Waals surface area contributed by atoms with Crippen molar-refractivity contribution in [3.8, 4) is 0 Å². The summed E-state index contributed by atoms with van der Waals surface area (Å²) >= 11 is 0. The number of aryl methyl sites for hydroxylation is 1. The van der Waals surface area contributed by atoms with Crippen molar-refractivity contribution in [1.82, 2.24) is 14.2 Å². The Morgan fingerprint density at radius 2 is 2.00 bits per heavy atom. The molecule has 0 aromatic carbocycles. The summed E-state index contributed by atoms with van der Waals surface area (Å²) in [5.74, 6) is 0. The molecule has 1 aliphatic heterocycles. The molecule has 2 heterocycles. The monoisotopic (exact) mass is 515 g/mol. The zero-order chi connectivity index (χ0) is 26.8. The van der Waals surface area contributed by atoms with Crippen molar-refractivity contribution in [2.75, 3.05) is 40.1 Å². The standard InChI is InChI=1S/C23H39N4O7P/c1-15(2)27(16(3)4)35(33-10-9-24-7)34-20-18(6)32-14-19(21(20)31-12-11-30-8)26-13-17(5)22(28)25-23(26)29/h13,15-16,18-21H,9-12,14H2,1-6,8H3,(H,25,28,29)/t18-,19-,20-,21+,35?/m1/s1/i6D. The van der Waals surface area contributed by atoms with Gasteiger partial charge >= 0.3 is 5.69 Å². The molecule has 0 aliphatic carbocycles. The third-order valence-electron chi connectivity index (χ3n) is 5.51. The molecule has 0 spiro atoms. The van der Waals surface area contributed by atoms with Crippen LogP contribution in [-0.2, 0) is 23.3 Å². The fourth-order valence-electron chi connectivity index (χ4n) is 3.91. The van der Waals surface area contributed by atoms with E-state index in [0.29, 0.717) is 12.2 Å². The molecule has 0 bridgehead atoms. The summed E-state index contributed by atoms with van der Waals surface area (Å²) in [5, 5.41) is 0. The van der Waals surface area contributed by atoms with E-state index in [-0.39, 0.29) is 45.3 Å². The predicted octanol–water partition coefficient (Wildman–Crippen LogP) is 2.50. The van der Waals surface area contributed by atoms with Gasteiger partial charge in [-0.1, -0.05) is 0 Å². The Labute approximate surface area is 209 Å². The van der Waals surface area contributed by atoms with Crippen molar-refractivity contribution in [2.24, 2.45) is 0 Å². The number of hydrogen-bond donors (Lipinski definition) is 1. The summed E-state index contributed by atoms with van der Waals surface area (Å²) in [6, 6.07) is -0.461. The Balaban J connectivity index is 2.50. The van der Waals surface area contributed by atoms with Crippen molar-refractivity contribution in [1.29, 1.82) is 0 Å². The minimum absolute atomic E-state index is 0.0798. The molecule has 0 saturated carbocycles. The van der Waals surface area contributed by atoms with Crippen molar-refractivity contribution in [3.05, 3.63) is 44.0 Å². The molecule has 1 aliphatic rings. The molecular weight excluding hydrogens is 475 g/mol. The van der Waals surface area contributed by atoms with Gasteiger partial charge in [-0.05, 0) is 41.5 Å². The van der Waals surface area contributed by atoms with E-state index >= 15 is 0 Å². The number of ether oxygens (including phenoxy) is 3. The average molecular weight is 516 g/mol. The van der Waals surface area contributed by atoms with Crippen LogP contribution in [-0.4, -0.2) is 84.7 Å². The van der Waals surface area contributed by atoms with Crippen LogP contribution in [0.3, 0.4) is 0 Å². The summed E-state index contributed by atoms with van der Waals surface area (Å²) in [6.07, 6.45) is -0.591. The Bertz CT molecular complexity index is 959. The van der Waals surface area contributed by atoms with Crippen LogP contribution in [0.5, 0.6) is 0 Å². The van der Waals surface area contributed by atoms with Crippen molar-refractivity contribution < 1.29 is 24.6 Å². The third-order valence-corrected chi connectivity index (χ3v) is 7.64. The quantitative estimate of drug-likeness (QED) is 0.243. The van der Waals surface area contributed by atoms with Gasteiger partial charge in [0, 0.05) is 32.3 Å². The Hall–Kier alpha value is -1.64. The number of aromatic amines is 1. The van der Waals surface area contributed by atoms with Gasteiger partial charge in [-0.15, -0.1) is 0 Å². The highest BCUT2D eigenvalue weighted by Crippen LogP contribution is 2.49. The lowest BCUT2D eigenvalue weighted by Gasteiger charge is -2.44. The number of nitrogens with one attached hydrogen (secondary N) is 1. The van der Waals surface area contributed by atoms with Crippen LogP contribution in [0.15, 0.2) is 15.8 Å². The van der Waals surface area contributed by atoms with Crippen LogP contribution in [0.25, 0.3) is 4.85 Å². The minimum Gasteiger partial charge on any atom is -0.382 e. The van der Waals surface area contributed by atoms with E-state index < -0.39 is 44.1 Å². The molecule has 35 heavy (non-hydrogen) atoms. The van der Waals surface area contributed by atoms with Crippen LogP contribution in [0.4, 0.5) is 0 Å². The highest BCUT2D eigenvalue weighted by atomic mass is 31.2. The lowest BCUT2D eigenvalue weighted by Crippen LogP contribution is -2.54. The second kappa shape index (κ2) is 14.2. The van der Waals surface area contributed by atoms with Crippen molar-refractivity contribution in [3.63, 3.8) is 0 Å². The maximum absolute atomic E-state index is 12.7. The smallest absolute Gasteiger partial charge is 0.328 e. The Morgan fingerprint density at radius 1 is 1.29 bits per heavy atom. The molecule has 198 valence electrons. The van der Waals surface area contributed by atoms with E-state index in [1.165, 1.54) is 10.8 Å².